The van der Waals surface area contributed by atoms with Crippen LogP contribution >= 0.6 is 0 Å². The molecule has 96 valence electrons. The Morgan fingerprint density at radius 1 is 1.05 bits per heavy atom. The van der Waals surface area contributed by atoms with Crippen molar-refractivity contribution in [1.29, 1.82) is 0 Å². The van der Waals surface area contributed by atoms with Gasteiger partial charge in [-0.2, -0.15) is 0 Å². The molecule has 1 aliphatic rings. The van der Waals surface area contributed by atoms with Crippen molar-refractivity contribution >= 4 is 17.2 Å². The fourth-order valence-corrected chi connectivity index (χ4v) is 2.33. The highest BCUT2D eigenvalue weighted by molar-refractivity contribution is 6.02. The van der Waals surface area contributed by atoms with Crippen molar-refractivity contribution in [3.05, 3.63) is 53.7 Å². The monoisotopic (exact) mass is 252 g/mol. The second-order valence-corrected chi connectivity index (χ2v) is 5.19. The molecule has 2 aromatic rings. The molecule has 0 aliphatic carbocycles. The van der Waals surface area contributed by atoms with Crippen LogP contribution in [0.2, 0.25) is 0 Å². The number of hydrogen-bond donors (Lipinski definition) is 0. The minimum absolute atomic E-state index is 0.859. The molecule has 3 nitrogen and oxygen atoms in total. The first-order valence-corrected chi connectivity index (χ1v) is 6.49. The Bertz CT molecular complexity index is 640. The van der Waals surface area contributed by atoms with Gasteiger partial charge in [0.15, 0.2) is 6.54 Å². The van der Waals surface area contributed by atoms with E-state index in [0.717, 1.165) is 18.1 Å². The van der Waals surface area contributed by atoms with Crippen LogP contribution in [0.25, 0.3) is 0 Å². The van der Waals surface area contributed by atoms with E-state index in [4.69, 9.17) is 4.99 Å². The van der Waals surface area contributed by atoms with Gasteiger partial charge in [-0.25, -0.2) is 4.57 Å². The fourth-order valence-electron chi connectivity index (χ4n) is 2.33. The Morgan fingerprint density at radius 2 is 1.79 bits per heavy atom. The minimum atomic E-state index is 0.859. The second kappa shape index (κ2) is 4.50. The van der Waals surface area contributed by atoms with E-state index >= 15 is 0 Å². The van der Waals surface area contributed by atoms with Gasteiger partial charge in [0.25, 0.3) is 0 Å². The summed E-state index contributed by atoms with van der Waals surface area (Å²) in [5.41, 5.74) is 4.81. The lowest BCUT2D eigenvalue weighted by atomic mass is 10.1. The van der Waals surface area contributed by atoms with Gasteiger partial charge in [0.1, 0.15) is 0 Å². The van der Waals surface area contributed by atoms with Crippen LogP contribution < -0.4 is 9.47 Å². The molecule has 1 aromatic carbocycles. The summed E-state index contributed by atoms with van der Waals surface area (Å²) in [5, 5.41) is 0. The molecule has 3 rings (SSSR count). The molecule has 0 atom stereocenters. The lowest BCUT2D eigenvalue weighted by Gasteiger charge is -2.11. The predicted molar refractivity (Wildman–Crippen MR) is 78.3 cm³/mol. The Morgan fingerprint density at radius 3 is 2.47 bits per heavy atom. The van der Waals surface area contributed by atoms with Gasteiger partial charge >= 0.3 is 5.82 Å². The molecule has 19 heavy (non-hydrogen) atoms. The third-order valence-corrected chi connectivity index (χ3v) is 3.44. The molecule has 0 saturated carbocycles. The molecule has 0 radical (unpaired) electrons. The molecule has 0 unspecified atom stereocenters. The quantitative estimate of drug-likeness (QED) is 0.752. The number of anilines is 1. The van der Waals surface area contributed by atoms with Crippen LogP contribution in [0.3, 0.4) is 0 Å². The molecule has 2 heterocycles. The van der Waals surface area contributed by atoms with Crippen LogP contribution in [-0.2, 0) is 6.54 Å². The molecule has 1 aromatic heterocycles. The first-order chi connectivity index (χ1) is 9.13. The van der Waals surface area contributed by atoms with Gasteiger partial charge in [0, 0.05) is 31.4 Å². The first-order valence-electron chi connectivity index (χ1n) is 6.49. The van der Waals surface area contributed by atoms with Gasteiger partial charge in [-0.1, -0.05) is 0 Å². The number of fused-ring (bicyclic) bond motifs is 1. The zero-order chi connectivity index (χ0) is 13.4. The summed E-state index contributed by atoms with van der Waals surface area (Å²) in [5.74, 6) is 1.04. The van der Waals surface area contributed by atoms with Crippen molar-refractivity contribution in [2.45, 2.75) is 13.5 Å². The topological polar surface area (TPSA) is 19.5 Å². The summed E-state index contributed by atoms with van der Waals surface area (Å²) in [6, 6.07) is 12.7. The van der Waals surface area contributed by atoms with Crippen LogP contribution in [0.5, 0.6) is 0 Å². The Balaban J connectivity index is 1.89. The Hall–Kier alpha value is -2.16. The average Bonchev–Trinajstić information content (AvgIpc) is 2.81. The standard InChI is InChI=1S/C16H18N3/c1-12-4-9-16-17-15(11-19(16)10-12)13-5-7-14(8-6-13)18(2)3/h4-10H,11H2,1-3H3/q+1. The molecule has 0 fully saturated rings. The van der Waals surface area contributed by atoms with Crippen LogP contribution in [0.4, 0.5) is 11.5 Å². The van der Waals surface area contributed by atoms with Gasteiger partial charge in [0.05, 0.1) is 6.20 Å². The fraction of sp³-hybridized carbons (Fsp3) is 0.250. The van der Waals surface area contributed by atoms with Gasteiger partial charge < -0.3 is 4.90 Å². The normalized spacial score (nSPS) is 13.1. The maximum Gasteiger partial charge on any atom is 0.323 e. The number of pyridine rings is 1. The van der Waals surface area contributed by atoms with E-state index in [0.29, 0.717) is 0 Å². The van der Waals surface area contributed by atoms with Gasteiger partial charge in [0.2, 0.25) is 5.71 Å². The van der Waals surface area contributed by atoms with E-state index in [-0.39, 0.29) is 0 Å². The summed E-state index contributed by atoms with van der Waals surface area (Å²) in [7, 11) is 4.10. The number of aryl methyl sites for hydroxylation is 1. The summed E-state index contributed by atoms with van der Waals surface area (Å²) in [6.45, 7) is 2.97. The molecule has 3 heteroatoms. The molecular weight excluding hydrogens is 234 g/mol. The first kappa shape index (κ1) is 11.9. The SMILES string of the molecule is Cc1ccc2[n+](c1)CC(c1ccc(N(C)C)cc1)=N2. The Labute approximate surface area is 113 Å². The average molecular weight is 252 g/mol. The van der Waals surface area contributed by atoms with Crippen LogP contribution in [0.15, 0.2) is 47.6 Å². The summed E-state index contributed by atoms with van der Waals surface area (Å²) >= 11 is 0. The predicted octanol–water partition coefficient (Wildman–Crippen LogP) is 2.48. The molecular formula is C16H18N3+. The highest BCUT2D eigenvalue weighted by atomic mass is 15.1. The highest BCUT2D eigenvalue weighted by Gasteiger charge is 2.24. The number of nitrogens with zero attached hydrogens (tertiary/aromatic N) is 3. The number of rotatable bonds is 2. The minimum Gasteiger partial charge on any atom is -0.378 e. The molecule has 1 aliphatic heterocycles. The number of benzene rings is 1. The van der Waals surface area contributed by atoms with E-state index in [1.165, 1.54) is 16.8 Å². The van der Waals surface area contributed by atoms with Crippen molar-refractivity contribution in [3.63, 3.8) is 0 Å². The summed E-state index contributed by atoms with van der Waals surface area (Å²) < 4.78 is 2.20. The number of hydrogen-bond acceptors (Lipinski definition) is 2. The van der Waals surface area contributed by atoms with E-state index < -0.39 is 0 Å². The van der Waals surface area contributed by atoms with E-state index in [9.17, 15) is 0 Å². The number of aromatic nitrogens is 1. The largest absolute Gasteiger partial charge is 0.378 e. The van der Waals surface area contributed by atoms with Crippen molar-refractivity contribution in [2.75, 3.05) is 19.0 Å². The highest BCUT2D eigenvalue weighted by Crippen LogP contribution is 2.18. The maximum atomic E-state index is 4.70. The lowest BCUT2D eigenvalue weighted by molar-refractivity contribution is -0.664. The lowest BCUT2D eigenvalue weighted by Crippen LogP contribution is -2.33. The van der Waals surface area contributed by atoms with E-state index in [1.54, 1.807) is 0 Å². The van der Waals surface area contributed by atoms with Gasteiger partial charge in [-0.3, -0.25) is 0 Å². The van der Waals surface area contributed by atoms with Crippen LogP contribution in [-0.4, -0.2) is 19.8 Å². The molecule has 0 bridgehead atoms. The van der Waals surface area contributed by atoms with E-state index in [2.05, 4.69) is 73.1 Å². The molecule has 0 spiro atoms. The zero-order valence-electron chi connectivity index (χ0n) is 11.6. The van der Waals surface area contributed by atoms with E-state index in [1.807, 2.05) is 0 Å². The smallest absolute Gasteiger partial charge is 0.323 e. The van der Waals surface area contributed by atoms with Crippen LogP contribution in [0, 0.1) is 6.92 Å². The van der Waals surface area contributed by atoms with Crippen molar-refractivity contribution < 1.29 is 4.57 Å². The third kappa shape index (κ3) is 2.24. The van der Waals surface area contributed by atoms with Crippen molar-refractivity contribution in [1.82, 2.24) is 0 Å². The van der Waals surface area contributed by atoms with Gasteiger partial charge in [-0.05, 0) is 47.8 Å². The van der Waals surface area contributed by atoms with Crippen molar-refractivity contribution in [2.24, 2.45) is 4.99 Å². The van der Waals surface area contributed by atoms with Gasteiger partial charge in [-0.15, -0.1) is 0 Å². The second-order valence-electron chi connectivity index (χ2n) is 5.19. The summed E-state index contributed by atoms with van der Waals surface area (Å²) in [6.07, 6.45) is 2.15. The Kier molecular flexibility index (Phi) is 2.82. The zero-order valence-corrected chi connectivity index (χ0v) is 11.6. The molecule has 0 amide bonds. The van der Waals surface area contributed by atoms with Crippen molar-refractivity contribution in [3.8, 4) is 0 Å². The van der Waals surface area contributed by atoms with Crippen LogP contribution in [0.1, 0.15) is 11.1 Å². The maximum absolute atomic E-state index is 4.70. The number of aliphatic imine (C=N–C) groups is 1. The molecule has 0 N–H and O–H groups in total. The summed E-state index contributed by atoms with van der Waals surface area (Å²) in [4.78, 5) is 6.81. The molecule has 0 saturated heterocycles. The third-order valence-electron chi connectivity index (χ3n) is 3.44.